The van der Waals surface area contributed by atoms with Crippen LogP contribution in [0.4, 0.5) is 0 Å². The Labute approximate surface area is 168 Å². The minimum Gasteiger partial charge on any atom is -0.455 e. The third-order valence-electron chi connectivity index (χ3n) is 6.10. The number of fused-ring (bicyclic) bond motifs is 2. The van der Waals surface area contributed by atoms with Crippen molar-refractivity contribution in [3.05, 3.63) is 91.8 Å². The minimum absolute atomic E-state index is 0.999. The standard InChI is InChI=1S/C27H28O/c1-7-21-16(3)14-23-25(20-12-10-9-11-13-20)24-15-17(4)22(8-2)19(6)27(24)28-26(23)18(21)5/h7,9-15H,8H2,1-6H3/b21-7+. The lowest BCUT2D eigenvalue weighted by molar-refractivity contribution is 0.463. The lowest BCUT2D eigenvalue weighted by atomic mass is 9.86. The molecule has 0 bridgehead atoms. The van der Waals surface area contributed by atoms with E-state index in [0.29, 0.717) is 0 Å². The molecule has 1 aliphatic heterocycles. The van der Waals surface area contributed by atoms with Gasteiger partial charge >= 0.3 is 0 Å². The molecule has 0 N–H and O–H groups in total. The second-order valence-electron chi connectivity index (χ2n) is 7.77. The molecule has 3 aromatic rings. The number of benzene rings is 3. The summed E-state index contributed by atoms with van der Waals surface area (Å²) in [6, 6.07) is 15.3. The molecule has 0 aromatic heterocycles. The van der Waals surface area contributed by atoms with Crippen molar-refractivity contribution in [3.8, 4) is 11.5 Å². The average molecular weight is 369 g/mol. The molecule has 1 heterocycles. The molecular weight excluding hydrogens is 340 g/mol. The summed E-state index contributed by atoms with van der Waals surface area (Å²) in [6.07, 6.45) is 3.20. The Morgan fingerprint density at radius 3 is 2.21 bits per heavy atom. The molecule has 142 valence electrons. The van der Waals surface area contributed by atoms with Crippen LogP contribution in [0, 0.1) is 27.7 Å². The zero-order valence-electron chi connectivity index (χ0n) is 17.7. The smallest absolute Gasteiger partial charge is 0.138 e. The molecule has 3 aromatic carbocycles. The monoisotopic (exact) mass is 368 g/mol. The maximum atomic E-state index is 6.64. The van der Waals surface area contributed by atoms with Crippen molar-refractivity contribution in [2.75, 3.05) is 0 Å². The van der Waals surface area contributed by atoms with Crippen LogP contribution < -0.4 is 15.2 Å². The van der Waals surface area contributed by atoms with Crippen molar-refractivity contribution in [2.24, 2.45) is 0 Å². The van der Waals surface area contributed by atoms with Gasteiger partial charge in [0.15, 0.2) is 0 Å². The third-order valence-corrected chi connectivity index (χ3v) is 6.10. The van der Waals surface area contributed by atoms with Crippen molar-refractivity contribution < 1.29 is 4.74 Å². The van der Waals surface area contributed by atoms with Gasteiger partial charge in [0.25, 0.3) is 0 Å². The van der Waals surface area contributed by atoms with Gasteiger partial charge in [-0.2, -0.15) is 0 Å². The topological polar surface area (TPSA) is 9.23 Å². The molecule has 0 unspecified atom stereocenters. The van der Waals surface area contributed by atoms with Crippen LogP contribution in [-0.2, 0) is 6.42 Å². The van der Waals surface area contributed by atoms with E-state index in [4.69, 9.17) is 4.74 Å². The van der Waals surface area contributed by atoms with E-state index in [1.807, 2.05) is 0 Å². The number of aryl methyl sites for hydroxylation is 2. The quantitative estimate of drug-likeness (QED) is 0.445. The van der Waals surface area contributed by atoms with Gasteiger partial charge in [0.05, 0.1) is 0 Å². The number of ether oxygens (including phenoxy) is 1. The van der Waals surface area contributed by atoms with Gasteiger partial charge < -0.3 is 4.74 Å². The van der Waals surface area contributed by atoms with Gasteiger partial charge in [-0.15, -0.1) is 0 Å². The van der Waals surface area contributed by atoms with E-state index < -0.39 is 0 Å². The molecule has 0 radical (unpaired) electrons. The van der Waals surface area contributed by atoms with E-state index in [1.54, 1.807) is 0 Å². The van der Waals surface area contributed by atoms with E-state index in [2.05, 4.69) is 90.1 Å². The van der Waals surface area contributed by atoms with Crippen LogP contribution in [0.15, 0.2) is 42.5 Å². The number of hydrogen-bond acceptors (Lipinski definition) is 1. The summed E-state index contributed by atoms with van der Waals surface area (Å²) in [5.74, 6) is 2.02. The minimum atomic E-state index is 0.999. The van der Waals surface area contributed by atoms with Gasteiger partial charge in [0.2, 0.25) is 0 Å². The zero-order valence-corrected chi connectivity index (χ0v) is 17.7. The second kappa shape index (κ2) is 6.98. The predicted octanol–water partition coefficient (Wildman–Crippen LogP) is 5.64. The summed E-state index contributed by atoms with van der Waals surface area (Å²) in [6.45, 7) is 13.1. The third kappa shape index (κ3) is 2.69. The molecule has 0 spiro atoms. The molecule has 4 rings (SSSR count). The van der Waals surface area contributed by atoms with Crippen LogP contribution in [-0.4, -0.2) is 0 Å². The molecule has 0 saturated heterocycles. The highest BCUT2D eigenvalue weighted by atomic mass is 16.5. The van der Waals surface area contributed by atoms with Crippen LogP contribution in [0.2, 0.25) is 0 Å². The molecule has 0 atom stereocenters. The van der Waals surface area contributed by atoms with Gasteiger partial charge in [-0.3, -0.25) is 0 Å². The largest absolute Gasteiger partial charge is 0.455 e. The summed E-state index contributed by atoms with van der Waals surface area (Å²) in [5.41, 5.74) is 10.2. The Morgan fingerprint density at radius 1 is 0.857 bits per heavy atom. The van der Waals surface area contributed by atoms with E-state index >= 15 is 0 Å². The molecule has 0 amide bonds. The molecule has 1 nitrogen and oxygen atoms in total. The van der Waals surface area contributed by atoms with E-state index in [9.17, 15) is 0 Å². The van der Waals surface area contributed by atoms with Gasteiger partial charge in [-0.1, -0.05) is 43.3 Å². The lowest BCUT2D eigenvalue weighted by Gasteiger charge is -2.27. The lowest BCUT2D eigenvalue weighted by Crippen LogP contribution is -2.25. The summed E-state index contributed by atoms with van der Waals surface area (Å²) in [4.78, 5) is 0. The highest BCUT2D eigenvalue weighted by molar-refractivity contribution is 5.87. The summed E-state index contributed by atoms with van der Waals surface area (Å²) >= 11 is 0. The van der Waals surface area contributed by atoms with Crippen LogP contribution in [0.25, 0.3) is 11.6 Å². The van der Waals surface area contributed by atoms with Crippen LogP contribution in [0.1, 0.15) is 52.8 Å². The van der Waals surface area contributed by atoms with Crippen molar-refractivity contribution in [2.45, 2.75) is 48.0 Å². The van der Waals surface area contributed by atoms with Gasteiger partial charge in [0.1, 0.15) is 11.5 Å². The fourth-order valence-corrected chi connectivity index (χ4v) is 4.77. The van der Waals surface area contributed by atoms with E-state index in [-0.39, 0.29) is 0 Å². The van der Waals surface area contributed by atoms with Crippen LogP contribution >= 0.6 is 0 Å². The van der Waals surface area contributed by atoms with E-state index in [0.717, 1.165) is 17.9 Å². The first-order valence-electron chi connectivity index (χ1n) is 10.2. The maximum absolute atomic E-state index is 6.64. The van der Waals surface area contributed by atoms with Gasteiger partial charge in [-0.25, -0.2) is 0 Å². The van der Waals surface area contributed by atoms with Crippen molar-refractivity contribution in [3.63, 3.8) is 0 Å². The normalized spacial score (nSPS) is 13.2. The molecular formula is C27H28O. The van der Waals surface area contributed by atoms with E-state index in [1.165, 1.54) is 55.0 Å². The Morgan fingerprint density at radius 2 is 1.57 bits per heavy atom. The predicted molar refractivity (Wildman–Crippen MR) is 119 cm³/mol. The Hall–Kier alpha value is -2.80. The fraction of sp³-hybridized carbons (Fsp3) is 0.259. The summed E-state index contributed by atoms with van der Waals surface area (Å²) in [7, 11) is 0. The SMILES string of the molecule is C/C=c1\c(C)cc2c(c1C)Oc1c(cc(C)c(CC)c1C)C=2c1ccccc1. The highest BCUT2D eigenvalue weighted by Gasteiger charge is 2.25. The molecule has 1 aliphatic rings. The van der Waals surface area contributed by atoms with Gasteiger partial charge in [-0.05, 0) is 91.8 Å². The first kappa shape index (κ1) is 18.6. The van der Waals surface area contributed by atoms with Crippen molar-refractivity contribution >= 4 is 11.6 Å². The van der Waals surface area contributed by atoms with Crippen molar-refractivity contribution in [1.82, 2.24) is 0 Å². The summed E-state index contributed by atoms with van der Waals surface area (Å²) < 4.78 is 6.64. The number of rotatable bonds is 2. The molecule has 0 aliphatic carbocycles. The zero-order chi connectivity index (χ0) is 20.0. The Bertz CT molecular complexity index is 1200. The second-order valence-corrected chi connectivity index (χ2v) is 7.77. The van der Waals surface area contributed by atoms with Gasteiger partial charge in [0, 0.05) is 16.4 Å². The van der Waals surface area contributed by atoms with Crippen molar-refractivity contribution in [1.29, 1.82) is 0 Å². The molecule has 1 heteroatoms. The first-order chi connectivity index (χ1) is 13.5. The fourth-order valence-electron chi connectivity index (χ4n) is 4.77. The average Bonchev–Trinajstić information content (AvgIpc) is 2.68. The highest BCUT2D eigenvalue weighted by Crippen LogP contribution is 2.41. The molecule has 28 heavy (non-hydrogen) atoms. The Balaban J connectivity index is 2.23. The molecule has 0 saturated carbocycles. The summed E-state index contributed by atoms with van der Waals surface area (Å²) in [5, 5.41) is 2.47. The molecule has 0 fully saturated rings. The number of hydrogen-bond donors (Lipinski definition) is 0. The Kier molecular flexibility index (Phi) is 4.63. The van der Waals surface area contributed by atoms with Crippen LogP contribution in [0.5, 0.6) is 11.5 Å². The maximum Gasteiger partial charge on any atom is 0.138 e. The first-order valence-corrected chi connectivity index (χ1v) is 10.2. The van der Waals surface area contributed by atoms with Crippen LogP contribution in [0.3, 0.4) is 0 Å².